The molecular weight excluding hydrogens is 433 g/mol. The molecule has 18 heavy (non-hydrogen) atoms. The van der Waals surface area contributed by atoms with E-state index in [4.69, 9.17) is 41.4 Å². The first kappa shape index (κ1) is 49.5. The Kier molecular flexibility index (Phi) is 136. The van der Waals surface area contributed by atoms with E-state index < -0.39 is 56.9 Å². The minimum atomic E-state index is -4.67. The molecule has 0 aromatic rings. The van der Waals surface area contributed by atoms with Crippen molar-refractivity contribution >= 4 is 208 Å². The predicted molar refractivity (Wildman–Crippen MR) is 74.3 cm³/mol. The molecule has 96 valence electrons. The van der Waals surface area contributed by atoms with Crippen molar-refractivity contribution in [2.45, 2.75) is 0 Å². The summed E-state index contributed by atoms with van der Waals surface area (Å²) in [7, 11) is -4.67. The second-order valence-electron chi connectivity index (χ2n) is 0.764. The molecule has 0 bridgehead atoms. The Balaban J connectivity index is -0.0000000118. The van der Waals surface area contributed by atoms with Gasteiger partial charge in [0.25, 0.3) is 0 Å². The summed E-state index contributed by atoms with van der Waals surface area (Å²) in [6.45, 7) is 0. The van der Waals surface area contributed by atoms with Crippen molar-refractivity contribution < 1.29 is 41.4 Å². The zero-order chi connectivity index (χ0) is 12.6. The molecule has 18 heteroatoms. The van der Waals surface area contributed by atoms with Gasteiger partial charge in [0.1, 0.15) is 0 Å². The molecule has 10 nitrogen and oxygen atoms in total. The van der Waals surface area contributed by atoms with E-state index in [9.17, 15) is 0 Å². The van der Waals surface area contributed by atoms with E-state index in [1.807, 2.05) is 0 Å². The van der Waals surface area contributed by atoms with Crippen LogP contribution in [0.15, 0.2) is 0 Å². The first-order valence-corrected chi connectivity index (χ1v) is 6.54. The van der Waals surface area contributed by atoms with E-state index in [1.54, 1.807) is 0 Å². The van der Waals surface area contributed by atoms with Gasteiger partial charge < -0.3 is 0 Å². The standard InChI is InChI=1S/3Al.4Ca.H2O4S.3H2O.3O.8H/c;;;;;;;1-5(2,3)4;;;;;;;;;;;;;;/h;;;;;;;(H2,1,2,3,4);3*1H2;;;;;;;;;;;/q3*+1;;;;;;;;;;;;;;;;;;;/p-3. The predicted octanol–water partition coefficient (Wildman–Crippen LogP) is -7.49. The van der Waals surface area contributed by atoms with Crippen LogP contribution < -0.4 is 0 Å². The topological polar surface area (TPSA) is 186 Å². The van der Waals surface area contributed by atoms with Crippen LogP contribution in [0.25, 0.3) is 0 Å². The molecule has 0 fully saturated rings. The molecule has 0 amide bonds. The average molecular weight is 446 g/mol. The van der Waals surface area contributed by atoms with Crippen LogP contribution in [0, 0.1) is 0 Å². The van der Waals surface area contributed by atoms with E-state index in [1.165, 1.54) is 0 Å². The summed E-state index contributed by atoms with van der Waals surface area (Å²) in [4.78, 5) is 0. The van der Waals surface area contributed by atoms with Crippen LogP contribution >= 0.6 is 0 Å². The molecule has 0 aliphatic rings. The molecule has 0 aromatic carbocycles. The van der Waals surface area contributed by atoms with Gasteiger partial charge in [-0.15, -0.1) is 0 Å². The molecule has 5 N–H and O–H groups in total. The van der Waals surface area contributed by atoms with Crippen molar-refractivity contribution in [3.8, 4) is 0 Å². The first-order chi connectivity index (χ1) is 6.24. The van der Waals surface area contributed by atoms with Crippen molar-refractivity contribution in [1.82, 2.24) is 0 Å². The summed E-state index contributed by atoms with van der Waals surface area (Å²) in [5.41, 5.74) is 0. The maximum atomic E-state index is 8.74. The molecule has 0 aliphatic carbocycles. The molecule has 0 saturated heterocycles. The van der Waals surface area contributed by atoms with Crippen LogP contribution in [0.4, 0.5) is 0 Å². The van der Waals surface area contributed by atoms with E-state index in [0.717, 1.165) is 0 Å². The third kappa shape index (κ3) is 312. The van der Waals surface area contributed by atoms with Crippen molar-refractivity contribution in [3.05, 3.63) is 0 Å². The van der Waals surface area contributed by atoms with Gasteiger partial charge in [-0.2, -0.15) is 8.42 Å². The third-order valence-electron chi connectivity index (χ3n) is 0. The SMILES string of the molecule is O=S(=O)(O)O.[CaH2].[CaH2].[CaH2].[CaH2].[O]=[Al][OH].[O]=[Al][OH].[O]=[Al][OH]. The normalized spacial score (nSPS) is 4.56. The molecule has 0 rings (SSSR count). The van der Waals surface area contributed by atoms with Crippen molar-refractivity contribution in [3.63, 3.8) is 0 Å². The summed E-state index contributed by atoms with van der Waals surface area (Å²) in [5.74, 6) is 0. The van der Waals surface area contributed by atoms with Gasteiger partial charge in [0, 0.05) is 0 Å². The average Bonchev–Trinajstić information content (AvgIpc) is 1.86. The van der Waals surface area contributed by atoms with Gasteiger partial charge in [-0.25, -0.2) is 0 Å². The van der Waals surface area contributed by atoms with E-state index in [0.29, 0.717) is 0 Å². The van der Waals surface area contributed by atoms with Gasteiger partial charge in [-0.3, -0.25) is 9.11 Å². The fourth-order valence-corrected chi connectivity index (χ4v) is 0. The maximum absolute atomic E-state index is 8.74. The monoisotopic (exact) mass is 446 g/mol. The quantitative estimate of drug-likeness (QED) is 0.177. The molecule has 0 aliphatic heterocycles. The van der Waals surface area contributed by atoms with E-state index in [-0.39, 0.29) is 151 Å². The summed E-state index contributed by atoms with van der Waals surface area (Å²) in [5, 5.41) is 0. The number of hydrogen-bond acceptors (Lipinski definition) is 5. The zero-order valence-electron chi connectivity index (χ0n) is 6.42. The molecule has 0 atom stereocenters. The van der Waals surface area contributed by atoms with Gasteiger partial charge in [0.2, 0.25) is 0 Å². The van der Waals surface area contributed by atoms with Gasteiger partial charge in [0.05, 0.1) is 0 Å². The van der Waals surface area contributed by atoms with E-state index in [2.05, 4.69) is 0 Å². The molecule has 0 saturated carbocycles. The van der Waals surface area contributed by atoms with Gasteiger partial charge in [0.15, 0.2) is 0 Å². The van der Waals surface area contributed by atoms with Crippen molar-refractivity contribution in [1.29, 1.82) is 0 Å². The Labute approximate surface area is 242 Å². The Hall–Kier alpha value is 5.31. The molecule has 0 heterocycles. The zero-order valence-corrected chi connectivity index (χ0v) is 10.7. The minimum absolute atomic E-state index is 0. The molecular formula is H13Al3Ca4O10S. The second-order valence-corrected chi connectivity index (χ2v) is 2.29. The fraction of sp³-hybridized carbons (Fsp3) is 0. The Morgan fingerprint density at radius 3 is 0.611 bits per heavy atom. The van der Waals surface area contributed by atoms with Crippen molar-refractivity contribution in [2.24, 2.45) is 0 Å². The van der Waals surface area contributed by atoms with Crippen LogP contribution in [-0.4, -0.2) is 227 Å². The van der Waals surface area contributed by atoms with Crippen LogP contribution in [-0.2, 0) is 21.8 Å². The number of rotatable bonds is 0. The number of hydrogen-bond donors (Lipinski definition) is 5. The third-order valence-corrected chi connectivity index (χ3v) is 0. The fourth-order valence-electron chi connectivity index (χ4n) is 0. The summed E-state index contributed by atoms with van der Waals surface area (Å²) in [6, 6.07) is 0. The summed E-state index contributed by atoms with van der Waals surface area (Å²) in [6.07, 6.45) is 0. The first-order valence-electron chi connectivity index (χ1n) is 2.18. The van der Waals surface area contributed by atoms with Crippen molar-refractivity contribution in [2.75, 3.05) is 0 Å². The van der Waals surface area contributed by atoms with Crippen LogP contribution in [0.3, 0.4) is 0 Å². The van der Waals surface area contributed by atoms with Gasteiger partial charge >= 0.3 is 232 Å². The van der Waals surface area contributed by atoms with Crippen LogP contribution in [0.1, 0.15) is 0 Å². The molecule has 0 spiro atoms. The molecule has 0 aromatic heterocycles. The Morgan fingerprint density at radius 2 is 0.611 bits per heavy atom. The second kappa shape index (κ2) is 49.5. The Morgan fingerprint density at radius 1 is 0.611 bits per heavy atom. The Bertz CT molecular complexity index is 195. The van der Waals surface area contributed by atoms with E-state index >= 15 is 0 Å². The molecule has 0 radical (unpaired) electrons. The summed E-state index contributed by atoms with van der Waals surface area (Å²) < 4.78 is 78.6. The van der Waals surface area contributed by atoms with Crippen LogP contribution in [0.2, 0.25) is 0 Å². The van der Waals surface area contributed by atoms with Gasteiger partial charge in [-0.1, -0.05) is 0 Å². The van der Waals surface area contributed by atoms with Crippen LogP contribution in [0.5, 0.6) is 0 Å². The summed E-state index contributed by atoms with van der Waals surface area (Å²) >= 11 is -4.50. The molecule has 0 unspecified atom stereocenters. The van der Waals surface area contributed by atoms with Gasteiger partial charge in [-0.05, 0) is 0 Å².